The maximum Gasteiger partial charge on any atom is 0.261 e. The highest BCUT2D eigenvalue weighted by atomic mass is 35.5. The van der Waals surface area contributed by atoms with Gasteiger partial charge in [-0.1, -0.05) is 53.9 Å². The number of nitrogen functional groups attached to an aromatic ring is 1. The molecule has 1 amide bonds. The van der Waals surface area contributed by atoms with Crippen LogP contribution in [0.15, 0.2) is 36.4 Å². The van der Waals surface area contributed by atoms with Crippen LogP contribution in [0.25, 0.3) is 0 Å². The Morgan fingerprint density at radius 3 is 2.62 bits per heavy atom. The Balaban J connectivity index is 2.03. The van der Waals surface area contributed by atoms with E-state index >= 15 is 0 Å². The molecule has 4 nitrogen and oxygen atoms in total. The maximum atomic E-state index is 12.3. The molecule has 0 bridgehead atoms. The summed E-state index contributed by atoms with van der Waals surface area (Å²) in [5.74, 6) is 0.0686. The molecule has 0 fully saturated rings. The van der Waals surface area contributed by atoms with E-state index in [4.69, 9.17) is 45.3 Å². The molecule has 0 unspecified atom stereocenters. The summed E-state index contributed by atoms with van der Waals surface area (Å²) < 4.78 is 5.69. The van der Waals surface area contributed by atoms with Crippen molar-refractivity contribution in [2.24, 2.45) is 0 Å². The Morgan fingerprint density at radius 1 is 1.21 bits per heavy atom. The molecule has 0 aromatic heterocycles. The molecule has 0 aliphatic rings. The zero-order valence-corrected chi connectivity index (χ0v) is 15.3. The Hall–Kier alpha value is -1.62. The predicted octanol–water partition coefficient (Wildman–Crippen LogP) is 4.70. The van der Waals surface area contributed by atoms with Crippen LogP contribution >= 0.6 is 34.8 Å². The summed E-state index contributed by atoms with van der Waals surface area (Å²) in [5.41, 5.74) is 7.27. The summed E-state index contributed by atoms with van der Waals surface area (Å²) in [5, 5.41) is 3.53. The SMILES string of the molecule is CC[C@@H](Oc1ccc(Cl)c(Cl)c1Cl)C(=O)NCc1cccc(N)c1. The first kappa shape index (κ1) is 18.7. The quantitative estimate of drug-likeness (QED) is 0.557. The van der Waals surface area contributed by atoms with Crippen LogP contribution in [0.5, 0.6) is 5.75 Å². The molecule has 0 aliphatic heterocycles. The summed E-state index contributed by atoms with van der Waals surface area (Å²) >= 11 is 18.0. The summed E-state index contributed by atoms with van der Waals surface area (Å²) in [6.07, 6.45) is -0.222. The molecule has 0 heterocycles. The normalized spacial score (nSPS) is 11.8. The Morgan fingerprint density at radius 2 is 1.96 bits per heavy atom. The number of hydrogen-bond acceptors (Lipinski definition) is 3. The number of anilines is 1. The summed E-state index contributed by atoms with van der Waals surface area (Å²) in [4.78, 5) is 12.3. The summed E-state index contributed by atoms with van der Waals surface area (Å²) in [7, 11) is 0. The summed E-state index contributed by atoms with van der Waals surface area (Å²) in [6, 6.07) is 10.5. The average Bonchev–Trinajstić information content (AvgIpc) is 2.57. The van der Waals surface area contributed by atoms with E-state index in [0.717, 1.165) is 5.56 Å². The van der Waals surface area contributed by atoms with Crippen LogP contribution < -0.4 is 15.8 Å². The highest BCUT2D eigenvalue weighted by Gasteiger charge is 2.20. The van der Waals surface area contributed by atoms with Gasteiger partial charge in [-0.3, -0.25) is 4.79 Å². The lowest BCUT2D eigenvalue weighted by atomic mass is 10.2. The highest BCUT2D eigenvalue weighted by molar-refractivity contribution is 6.48. The van der Waals surface area contributed by atoms with Gasteiger partial charge in [0.2, 0.25) is 0 Å². The van der Waals surface area contributed by atoms with Gasteiger partial charge < -0.3 is 15.8 Å². The third-order valence-electron chi connectivity index (χ3n) is 3.35. The highest BCUT2D eigenvalue weighted by Crippen LogP contribution is 2.37. The Bertz CT molecular complexity index is 738. The van der Waals surface area contributed by atoms with Gasteiger partial charge >= 0.3 is 0 Å². The molecule has 128 valence electrons. The Kier molecular flexibility index (Phi) is 6.60. The smallest absolute Gasteiger partial charge is 0.261 e. The van der Waals surface area contributed by atoms with Crippen molar-refractivity contribution in [1.82, 2.24) is 5.32 Å². The van der Waals surface area contributed by atoms with Crippen LogP contribution in [-0.4, -0.2) is 12.0 Å². The van der Waals surface area contributed by atoms with Crippen molar-refractivity contribution in [2.75, 3.05) is 5.73 Å². The molecule has 3 N–H and O–H groups in total. The van der Waals surface area contributed by atoms with Crippen molar-refractivity contribution in [1.29, 1.82) is 0 Å². The topological polar surface area (TPSA) is 64.3 Å². The van der Waals surface area contributed by atoms with E-state index in [2.05, 4.69) is 5.32 Å². The number of benzene rings is 2. The standard InChI is InChI=1S/C17H17Cl3N2O2/c1-2-13(24-14-7-6-12(18)15(19)16(14)20)17(23)22-9-10-4-3-5-11(21)8-10/h3-8,13H,2,9,21H2,1H3,(H,22,23)/t13-/m1/s1. The van der Waals surface area contributed by atoms with Gasteiger partial charge in [-0.05, 0) is 36.2 Å². The number of ether oxygens (including phenoxy) is 1. The molecule has 1 atom stereocenters. The molecule has 24 heavy (non-hydrogen) atoms. The molecule has 0 spiro atoms. The molecule has 2 aromatic carbocycles. The minimum atomic E-state index is -0.694. The first-order valence-electron chi connectivity index (χ1n) is 7.34. The van der Waals surface area contributed by atoms with Gasteiger partial charge in [0.05, 0.1) is 10.0 Å². The molecule has 0 aliphatic carbocycles. The number of carbonyl (C=O) groups excluding carboxylic acids is 1. The molecule has 7 heteroatoms. The van der Waals surface area contributed by atoms with Crippen LogP contribution in [-0.2, 0) is 11.3 Å². The number of nitrogens with one attached hydrogen (secondary N) is 1. The number of nitrogens with two attached hydrogens (primary N) is 1. The molecule has 0 saturated carbocycles. The number of hydrogen-bond donors (Lipinski definition) is 2. The van der Waals surface area contributed by atoms with Crippen molar-refractivity contribution in [3.63, 3.8) is 0 Å². The lowest BCUT2D eigenvalue weighted by Gasteiger charge is -2.18. The third kappa shape index (κ3) is 4.69. The number of carbonyl (C=O) groups is 1. The zero-order chi connectivity index (χ0) is 17.7. The van der Waals surface area contributed by atoms with E-state index < -0.39 is 6.10 Å². The van der Waals surface area contributed by atoms with Crippen LogP contribution in [0.2, 0.25) is 15.1 Å². The van der Waals surface area contributed by atoms with Crippen molar-refractivity contribution in [3.8, 4) is 5.75 Å². The summed E-state index contributed by atoms with van der Waals surface area (Å²) in [6.45, 7) is 2.20. The number of halogens is 3. The van der Waals surface area contributed by atoms with Gasteiger partial charge in [0, 0.05) is 12.2 Å². The lowest BCUT2D eigenvalue weighted by molar-refractivity contribution is -0.128. The van der Waals surface area contributed by atoms with Gasteiger partial charge in [-0.15, -0.1) is 0 Å². The van der Waals surface area contributed by atoms with Gasteiger partial charge in [-0.25, -0.2) is 0 Å². The zero-order valence-electron chi connectivity index (χ0n) is 13.0. The molecular formula is C17H17Cl3N2O2. The lowest BCUT2D eigenvalue weighted by Crippen LogP contribution is -2.37. The van der Waals surface area contributed by atoms with E-state index in [1.165, 1.54) is 0 Å². The van der Waals surface area contributed by atoms with Crippen LogP contribution in [0.3, 0.4) is 0 Å². The van der Waals surface area contributed by atoms with Crippen molar-refractivity contribution in [2.45, 2.75) is 26.0 Å². The second-order valence-corrected chi connectivity index (χ2v) is 6.31. The fourth-order valence-electron chi connectivity index (χ4n) is 2.08. The van der Waals surface area contributed by atoms with Gasteiger partial charge in [0.1, 0.15) is 10.8 Å². The predicted molar refractivity (Wildman–Crippen MR) is 98.9 cm³/mol. The average molecular weight is 388 g/mol. The number of rotatable bonds is 6. The van der Waals surface area contributed by atoms with E-state index in [9.17, 15) is 4.79 Å². The minimum absolute atomic E-state index is 0.186. The largest absolute Gasteiger partial charge is 0.479 e. The van der Waals surface area contributed by atoms with E-state index in [1.807, 2.05) is 19.1 Å². The van der Waals surface area contributed by atoms with Crippen LogP contribution in [0, 0.1) is 0 Å². The molecule has 0 saturated heterocycles. The van der Waals surface area contributed by atoms with Crippen molar-refractivity contribution in [3.05, 3.63) is 57.0 Å². The first-order chi connectivity index (χ1) is 11.4. The van der Waals surface area contributed by atoms with Crippen molar-refractivity contribution < 1.29 is 9.53 Å². The third-order valence-corrected chi connectivity index (χ3v) is 4.63. The number of amides is 1. The van der Waals surface area contributed by atoms with E-state index in [1.54, 1.807) is 24.3 Å². The molecule has 0 radical (unpaired) electrons. The Labute approximate surface area is 155 Å². The maximum absolute atomic E-state index is 12.3. The van der Waals surface area contributed by atoms with E-state index in [-0.39, 0.29) is 16.0 Å². The van der Waals surface area contributed by atoms with Crippen molar-refractivity contribution >= 4 is 46.4 Å². The van der Waals surface area contributed by atoms with Gasteiger partial charge in [0.15, 0.2) is 6.10 Å². The monoisotopic (exact) mass is 386 g/mol. The second-order valence-electron chi connectivity index (χ2n) is 5.15. The molecular weight excluding hydrogens is 371 g/mol. The molecule has 2 rings (SSSR count). The fraction of sp³-hybridized carbons (Fsp3) is 0.235. The first-order valence-corrected chi connectivity index (χ1v) is 8.48. The molecule has 2 aromatic rings. The second kappa shape index (κ2) is 8.47. The van der Waals surface area contributed by atoms with Gasteiger partial charge in [0.25, 0.3) is 5.91 Å². The van der Waals surface area contributed by atoms with Gasteiger partial charge in [-0.2, -0.15) is 0 Å². The minimum Gasteiger partial charge on any atom is -0.479 e. The van der Waals surface area contributed by atoms with E-state index in [0.29, 0.717) is 29.4 Å². The van der Waals surface area contributed by atoms with Crippen LogP contribution in [0.4, 0.5) is 5.69 Å². The van der Waals surface area contributed by atoms with Crippen LogP contribution in [0.1, 0.15) is 18.9 Å². The fourth-order valence-corrected chi connectivity index (χ4v) is 2.65.